The number of unbranched alkanes of at least 4 members (excludes halogenated alkanes) is 1. The zero-order chi connectivity index (χ0) is 20.9. The molecular formula is C23H31NO3S. The summed E-state index contributed by atoms with van der Waals surface area (Å²) in [7, 11) is -3.77. The minimum atomic E-state index is -3.77. The van der Waals surface area contributed by atoms with Crippen molar-refractivity contribution >= 4 is 15.8 Å². The third-order valence-electron chi connectivity index (χ3n) is 4.44. The predicted molar refractivity (Wildman–Crippen MR) is 114 cm³/mol. The molecule has 0 radical (unpaired) electrons. The number of hydrogen-bond donors (Lipinski definition) is 1. The maximum atomic E-state index is 13.2. The number of carbonyl (C=O) groups excluding carboxylic acids is 1. The number of sulfonamides is 1. The molecule has 0 spiro atoms. The molecule has 1 N–H and O–H groups in total. The molecule has 0 aliphatic carbocycles. The summed E-state index contributed by atoms with van der Waals surface area (Å²) >= 11 is 0. The fourth-order valence-electron chi connectivity index (χ4n) is 3.28. The summed E-state index contributed by atoms with van der Waals surface area (Å²) in [5, 5.41) is 0. The van der Waals surface area contributed by atoms with Crippen LogP contribution in [0.3, 0.4) is 0 Å². The second-order valence-electron chi connectivity index (χ2n) is 8.31. The van der Waals surface area contributed by atoms with Crippen molar-refractivity contribution in [2.24, 2.45) is 0 Å². The summed E-state index contributed by atoms with van der Waals surface area (Å²) in [6.07, 6.45) is 2.13. The number of benzene rings is 2. The third-order valence-corrected chi connectivity index (χ3v) is 6.27. The van der Waals surface area contributed by atoms with Crippen molar-refractivity contribution in [3.63, 3.8) is 0 Å². The minimum absolute atomic E-state index is 0.0471. The van der Waals surface area contributed by atoms with Crippen LogP contribution in [-0.2, 0) is 14.8 Å². The summed E-state index contributed by atoms with van der Waals surface area (Å²) in [6, 6.07) is 14.7. The highest BCUT2D eigenvalue weighted by atomic mass is 32.2. The first-order chi connectivity index (χ1) is 13.0. The fourth-order valence-corrected chi connectivity index (χ4v) is 4.93. The number of Topliss-reactive ketones (excluding diaryl/α,β-unsaturated/α-hetero) is 1. The normalized spacial score (nSPS) is 13.3. The molecule has 0 aromatic heterocycles. The second-order valence-corrected chi connectivity index (χ2v) is 9.96. The predicted octanol–water partition coefficient (Wildman–Crippen LogP) is 4.96. The van der Waals surface area contributed by atoms with Crippen molar-refractivity contribution in [1.82, 2.24) is 4.72 Å². The zero-order valence-corrected chi connectivity index (χ0v) is 18.3. The van der Waals surface area contributed by atoms with E-state index in [4.69, 9.17) is 0 Å². The highest BCUT2D eigenvalue weighted by molar-refractivity contribution is 7.89. The lowest BCUT2D eigenvalue weighted by Crippen LogP contribution is -2.41. The number of rotatable bonds is 8. The highest BCUT2D eigenvalue weighted by Gasteiger charge is 2.31. The molecule has 2 aromatic carbocycles. The fraction of sp³-hybridized carbons (Fsp3) is 0.435. The average molecular weight is 402 g/mol. The van der Waals surface area contributed by atoms with Crippen LogP contribution in [0.1, 0.15) is 69.6 Å². The van der Waals surface area contributed by atoms with Crippen molar-refractivity contribution in [3.05, 3.63) is 65.2 Å². The Kier molecular flexibility index (Phi) is 7.18. The molecule has 28 heavy (non-hydrogen) atoms. The Hall–Kier alpha value is -1.98. The molecule has 0 heterocycles. The van der Waals surface area contributed by atoms with Gasteiger partial charge in [-0.15, -0.1) is 0 Å². The van der Waals surface area contributed by atoms with E-state index >= 15 is 0 Å². The van der Waals surface area contributed by atoms with Gasteiger partial charge >= 0.3 is 0 Å². The van der Waals surface area contributed by atoms with Crippen LogP contribution < -0.4 is 4.72 Å². The van der Waals surface area contributed by atoms with Crippen LogP contribution in [0.2, 0.25) is 0 Å². The van der Waals surface area contributed by atoms with E-state index < -0.39 is 21.5 Å². The van der Waals surface area contributed by atoms with Gasteiger partial charge in [0.15, 0.2) is 0 Å². The first kappa shape index (κ1) is 22.3. The molecule has 0 fully saturated rings. The molecule has 0 saturated heterocycles. The lowest BCUT2D eigenvalue weighted by molar-refractivity contribution is -0.119. The van der Waals surface area contributed by atoms with Gasteiger partial charge < -0.3 is 0 Å². The smallest absolute Gasteiger partial charge is 0.241 e. The summed E-state index contributed by atoms with van der Waals surface area (Å²) in [6.45, 7) is 9.37. The first-order valence-corrected chi connectivity index (χ1v) is 11.3. The van der Waals surface area contributed by atoms with Gasteiger partial charge in [0.25, 0.3) is 0 Å². The largest absolute Gasteiger partial charge is 0.299 e. The second kappa shape index (κ2) is 9.01. The van der Waals surface area contributed by atoms with Gasteiger partial charge in [-0.1, -0.05) is 61.4 Å². The molecule has 2 aromatic rings. The van der Waals surface area contributed by atoms with E-state index in [9.17, 15) is 13.2 Å². The van der Waals surface area contributed by atoms with Crippen LogP contribution >= 0.6 is 0 Å². The molecule has 0 saturated carbocycles. The molecule has 4 nitrogen and oxygen atoms in total. The standard InChI is InChI=1S/C23H31NO3S/c1-6-7-13-20(25)22(18-11-9-8-10-12-18)19-16-17(2)14-15-21(19)28(26,27)24-23(3,4)5/h8-12,14-16,22,24H,6-7,13H2,1-5H3. The lowest BCUT2D eigenvalue weighted by atomic mass is 9.85. The Labute approximate surface area is 169 Å². The van der Waals surface area contributed by atoms with Crippen LogP contribution in [0, 0.1) is 6.92 Å². The van der Waals surface area contributed by atoms with Crippen molar-refractivity contribution in [2.75, 3.05) is 0 Å². The van der Waals surface area contributed by atoms with Crippen molar-refractivity contribution in [3.8, 4) is 0 Å². The molecule has 1 atom stereocenters. The first-order valence-electron chi connectivity index (χ1n) is 9.77. The average Bonchev–Trinajstić information content (AvgIpc) is 2.59. The van der Waals surface area contributed by atoms with E-state index in [1.807, 2.05) is 50.2 Å². The zero-order valence-electron chi connectivity index (χ0n) is 17.5. The molecule has 0 aliphatic rings. The van der Waals surface area contributed by atoms with Crippen LogP contribution in [0.4, 0.5) is 0 Å². The molecule has 0 aliphatic heterocycles. The van der Waals surface area contributed by atoms with Gasteiger partial charge in [0.2, 0.25) is 10.0 Å². The van der Waals surface area contributed by atoms with E-state index in [1.54, 1.807) is 32.9 Å². The molecule has 5 heteroatoms. The minimum Gasteiger partial charge on any atom is -0.299 e. The Morgan fingerprint density at radius 2 is 1.71 bits per heavy atom. The lowest BCUT2D eigenvalue weighted by Gasteiger charge is -2.24. The summed E-state index contributed by atoms with van der Waals surface area (Å²) < 4.78 is 29.0. The van der Waals surface area contributed by atoms with E-state index in [1.165, 1.54) is 0 Å². The molecule has 0 amide bonds. The van der Waals surface area contributed by atoms with Crippen LogP contribution in [0.5, 0.6) is 0 Å². The van der Waals surface area contributed by atoms with Crippen molar-refractivity contribution in [1.29, 1.82) is 0 Å². The monoisotopic (exact) mass is 401 g/mol. The topological polar surface area (TPSA) is 63.2 Å². The van der Waals surface area contributed by atoms with E-state index in [0.29, 0.717) is 12.0 Å². The Morgan fingerprint density at radius 1 is 1.07 bits per heavy atom. The maximum absolute atomic E-state index is 13.2. The van der Waals surface area contributed by atoms with Gasteiger partial charge in [-0.05, 0) is 51.3 Å². The van der Waals surface area contributed by atoms with Crippen molar-refractivity contribution < 1.29 is 13.2 Å². The summed E-state index contributed by atoms with van der Waals surface area (Å²) in [5.74, 6) is -0.551. The SMILES string of the molecule is CCCCC(=O)C(c1ccccc1)c1cc(C)ccc1S(=O)(=O)NC(C)(C)C. The van der Waals surface area contributed by atoms with Crippen LogP contribution in [0.25, 0.3) is 0 Å². The number of hydrogen-bond acceptors (Lipinski definition) is 3. The van der Waals surface area contributed by atoms with Gasteiger partial charge in [-0.2, -0.15) is 0 Å². The van der Waals surface area contributed by atoms with Gasteiger partial charge in [-0.3, -0.25) is 4.79 Å². The highest BCUT2D eigenvalue weighted by Crippen LogP contribution is 2.33. The summed E-state index contributed by atoms with van der Waals surface area (Å²) in [5.41, 5.74) is 1.68. The molecule has 1 unspecified atom stereocenters. The number of nitrogens with one attached hydrogen (secondary N) is 1. The molecular weight excluding hydrogens is 370 g/mol. The maximum Gasteiger partial charge on any atom is 0.241 e. The van der Waals surface area contributed by atoms with E-state index in [2.05, 4.69) is 4.72 Å². The van der Waals surface area contributed by atoms with E-state index in [-0.39, 0.29) is 10.7 Å². The molecule has 152 valence electrons. The van der Waals surface area contributed by atoms with Gasteiger partial charge in [0.1, 0.15) is 5.78 Å². The third kappa shape index (κ3) is 5.76. The van der Waals surface area contributed by atoms with Crippen molar-refractivity contribution in [2.45, 2.75) is 70.2 Å². The van der Waals surface area contributed by atoms with Crippen LogP contribution in [-0.4, -0.2) is 19.7 Å². The summed E-state index contributed by atoms with van der Waals surface area (Å²) in [4.78, 5) is 13.3. The van der Waals surface area contributed by atoms with Gasteiger partial charge in [0.05, 0.1) is 10.8 Å². The number of ketones is 1. The molecule has 0 bridgehead atoms. The number of aryl methyl sites for hydroxylation is 1. The van der Waals surface area contributed by atoms with Gasteiger partial charge in [-0.25, -0.2) is 13.1 Å². The van der Waals surface area contributed by atoms with Crippen LogP contribution in [0.15, 0.2) is 53.4 Å². The Balaban J connectivity index is 2.66. The molecule has 2 rings (SSSR count). The quantitative estimate of drug-likeness (QED) is 0.680. The Morgan fingerprint density at radius 3 is 2.29 bits per heavy atom. The van der Waals surface area contributed by atoms with Gasteiger partial charge in [0, 0.05) is 12.0 Å². The number of carbonyl (C=O) groups is 1. The Bertz CT molecular complexity index is 913. The van der Waals surface area contributed by atoms with E-state index in [0.717, 1.165) is 24.0 Å².